The minimum atomic E-state index is -1.09. The van der Waals surface area contributed by atoms with Crippen molar-refractivity contribution < 1.29 is 28.7 Å². The van der Waals surface area contributed by atoms with Gasteiger partial charge in [0.1, 0.15) is 5.75 Å². The molecule has 0 aliphatic rings. The Kier molecular flexibility index (Phi) is 7.04. The van der Waals surface area contributed by atoms with Crippen LogP contribution in [0.3, 0.4) is 0 Å². The fourth-order valence-corrected chi connectivity index (χ4v) is 1.84. The molecule has 6 heteroatoms. The summed E-state index contributed by atoms with van der Waals surface area (Å²) in [4.78, 5) is 46.3. The van der Waals surface area contributed by atoms with Crippen molar-refractivity contribution in [3.63, 3.8) is 0 Å². The van der Waals surface area contributed by atoms with Crippen molar-refractivity contribution in [2.24, 2.45) is 0 Å². The van der Waals surface area contributed by atoms with E-state index in [1.807, 2.05) is 6.92 Å². The molecule has 0 saturated carbocycles. The van der Waals surface area contributed by atoms with Gasteiger partial charge in [-0.1, -0.05) is 19.9 Å². The van der Waals surface area contributed by atoms with Crippen LogP contribution in [0.1, 0.15) is 54.3 Å². The molecule has 0 heterocycles. The molecule has 0 aliphatic heterocycles. The first-order chi connectivity index (χ1) is 11.3. The summed E-state index contributed by atoms with van der Waals surface area (Å²) >= 11 is 0. The number of Topliss-reactive ketones (excluding diaryl/α,β-unsaturated/α-hetero) is 1. The second-order valence-corrected chi connectivity index (χ2v) is 5.31. The molecule has 1 aromatic carbocycles. The molecule has 0 aromatic heterocycles. The minimum absolute atomic E-state index is 0.00692. The molecule has 1 aromatic rings. The van der Waals surface area contributed by atoms with Gasteiger partial charge in [0.2, 0.25) is 0 Å². The molecule has 1 unspecified atom stereocenters. The highest BCUT2D eigenvalue weighted by Gasteiger charge is 2.25. The second kappa shape index (κ2) is 8.76. The van der Waals surface area contributed by atoms with E-state index in [4.69, 9.17) is 9.47 Å². The van der Waals surface area contributed by atoms with E-state index in [1.54, 1.807) is 0 Å². The van der Waals surface area contributed by atoms with Crippen LogP contribution in [0.5, 0.6) is 5.75 Å². The smallest absolute Gasteiger partial charge is 0.352 e. The van der Waals surface area contributed by atoms with Crippen molar-refractivity contribution in [3.05, 3.63) is 41.5 Å². The Balaban J connectivity index is 2.98. The summed E-state index contributed by atoms with van der Waals surface area (Å²) in [6.45, 7) is 8.13. The standard InChI is InChI=1S/C18H20O6/c1-5-6-16(24-17(21)11(2)3)18(22)23-15-8-7-13(12(4)20)9-14(15)10-19/h7-10,16H,2,5-6H2,1,3-4H3. The average molecular weight is 332 g/mol. The molecule has 128 valence electrons. The van der Waals surface area contributed by atoms with Crippen LogP contribution in [-0.4, -0.2) is 30.1 Å². The van der Waals surface area contributed by atoms with Crippen molar-refractivity contribution in [2.45, 2.75) is 39.7 Å². The fraction of sp³-hybridized carbons (Fsp3) is 0.333. The van der Waals surface area contributed by atoms with E-state index in [0.29, 0.717) is 18.3 Å². The summed E-state index contributed by atoms with van der Waals surface area (Å²) in [6, 6.07) is 4.15. The fourth-order valence-electron chi connectivity index (χ4n) is 1.84. The SMILES string of the molecule is C=C(C)C(=O)OC(CCC)C(=O)Oc1ccc(C(C)=O)cc1C=O. The van der Waals surface area contributed by atoms with E-state index >= 15 is 0 Å². The van der Waals surface area contributed by atoms with Crippen LogP contribution >= 0.6 is 0 Å². The molecule has 0 N–H and O–H groups in total. The molecular formula is C18H20O6. The third-order valence-electron chi connectivity index (χ3n) is 3.17. The predicted molar refractivity (Wildman–Crippen MR) is 87.1 cm³/mol. The number of aldehydes is 1. The van der Waals surface area contributed by atoms with Crippen LogP contribution in [0.15, 0.2) is 30.4 Å². The van der Waals surface area contributed by atoms with Crippen molar-refractivity contribution in [3.8, 4) is 5.75 Å². The number of hydrogen-bond donors (Lipinski definition) is 0. The lowest BCUT2D eigenvalue weighted by atomic mass is 10.1. The monoisotopic (exact) mass is 332 g/mol. The Bertz CT molecular complexity index is 674. The Morgan fingerprint density at radius 1 is 1.25 bits per heavy atom. The van der Waals surface area contributed by atoms with Gasteiger partial charge in [0.25, 0.3) is 0 Å². The van der Waals surface area contributed by atoms with Crippen molar-refractivity contribution in [1.82, 2.24) is 0 Å². The number of benzene rings is 1. The molecule has 0 aliphatic carbocycles. The highest BCUT2D eigenvalue weighted by Crippen LogP contribution is 2.20. The summed E-state index contributed by atoms with van der Waals surface area (Å²) in [5.41, 5.74) is 0.566. The molecule has 0 radical (unpaired) electrons. The number of carbonyl (C=O) groups is 4. The van der Waals surface area contributed by atoms with Gasteiger partial charge in [-0.05, 0) is 38.5 Å². The van der Waals surface area contributed by atoms with E-state index in [-0.39, 0.29) is 29.1 Å². The summed E-state index contributed by atoms with van der Waals surface area (Å²) in [5.74, 6) is -1.68. The molecule has 6 nitrogen and oxygen atoms in total. The maximum atomic E-state index is 12.2. The molecule has 0 fully saturated rings. The normalized spacial score (nSPS) is 11.3. The number of hydrogen-bond acceptors (Lipinski definition) is 6. The molecule has 0 bridgehead atoms. The van der Waals surface area contributed by atoms with E-state index in [2.05, 4.69) is 6.58 Å². The van der Waals surface area contributed by atoms with Gasteiger partial charge in [-0.2, -0.15) is 0 Å². The van der Waals surface area contributed by atoms with E-state index < -0.39 is 18.0 Å². The first-order valence-corrected chi connectivity index (χ1v) is 7.48. The highest BCUT2D eigenvalue weighted by atomic mass is 16.6. The zero-order valence-electron chi connectivity index (χ0n) is 14.0. The highest BCUT2D eigenvalue weighted by molar-refractivity contribution is 5.97. The van der Waals surface area contributed by atoms with E-state index in [9.17, 15) is 19.2 Å². The van der Waals surface area contributed by atoms with Gasteiger partial charge in [-0.15, -0.1) is 0 Å². The van der Waals surface area contributed by atoms with Crippen LogP contribution < -0.4 is 4.74 Å². The van der Waals surface area contributed by atoms with Crippen LogP contribution in [0.2, 0.25) is 0 Å². The second-order valence-electron chi connectivity index (χ2n) is 5.31. The lowest BCUT2D eigenvalue weighted by Crippen LogP contribution is -2.31. The summed E-state index contributed by atoms with van der Waals surface area (Å²) in [6.07, 6.45) is 0.266. The molecule has 0 saturated heterocycles. The first kappa shape index (κ1) is 19.3. The summed E-state index contributed by atoms with van der Waals surface area (Å²) in [7, 11) is 0. The van der Waals surface area contributed by atoms with Crippen LogP contribution in [0.25, 0.3) is 0 Å². The van der Waals surface area contributed by atoms with Crippen molar-refractivity contribution in [2.75, 3.05) is 0 Å². The van der Waals surface area contributed by atoms with E-state index in [0.717, 1.165) is 0 Å². The van der Waals surface area contributed by atoms with Crippen LogP contribution in [0, 0.1) is 0 Å². The minimum Gasteiger partial charge on any atom is -0.447 e. The largest absolute Gasteiger partial charge is 0.447 e. The number of carbonyl (C=O) groups excluding carboxylic acids is 4. The zero-order valence-corrected chi connectivity index (χ0v) is 14.0. The van der Waals surface area contributed by atoms with Gasteiger partial charge in [0.05, 0.1) is 5.56 Å². The third-order valence-corrected chi connectivity index (χ3v) is 3.17. The molecule has 0 spiro atoms. The van der Waals surface area contributed by atoms with Gasteiger partial charge in [-0.25, -0.2) is 9.59 Å². The third kappa shape index (κ3) is 5.15. The molecule has 0 amide bonds. The average Bonchev–Trinajstić information content (AvgIpc) is 2.54. The maximum Gasteiger partial charge on any atom is 0.352 e. The van der Waals surface area contributed by atoms with Crippen molar-refractivity contribution >= 4 is 24.0 Å². The first-order valence-electron chi connectivity index (χ1n) is 7.48. The number of ether oxygens (including phenoxy) is 2. The zero-order chi connectivity index (χ0) is 18.3. The number of rotatable bonds is 8. The predicted octanol–water partition coefficient (Wildman–Crippen LogP) is 2.90. The van der Waals surface area contributed by atoms with Gasteiger partial charge < -0.3 is 9.47 Å². The number of esters is 2. The Hall–Kier alpha value is -2.76. The van der Waals surface area contributed by atoms with E-state index in [1.165, 1.54) is 32.0 Å². The summed E-state index contributed by atoms with van der Waals surface area (Å²) in [5, 5.41) is 0. The topological polar surface area (TPSA) is 86.7 Å². The Labute approximate surface area is 140 Å². The Morgan fingerprint density at radius 2 is 1.92 bits per heavy atom. The maximum absolute atomic E-state index is 12.2. The van der Waals surface area contributed by atoms with Gasteiger partial charge in [-0.3, -0.25) is 9.59 Å². The molecular weight excluding hydrogens is 312 g/mol. The number of ketones is 1. The van der Waals surface area contributed by atoms with Gasteiger partial charge in [0.15, 0.2) is 18.2 Å². The van der Waals surface area contributed by atoms with Crippen molar-refractivity contribution in [1.29, 1.82) is 0 Å². The quantitative estimate of drug-likeness (QED) is 0.239. The van der Waals surface area contributed by atoms with Gasteiger partial charge in [0, 0.05) is 11.1 Å². The lowest BCUT2D eigenvalue weighted by Gasteiger charge is -2.16. The molecule has 1 atom stereocenters. The Morgan fingerprint density at radius 3 is 2.42 bits per heavy atom. The lowest BCUT2D eigenvalue weighted by molar-refractivity contribution is -0.159. The van der Waals surface area contributed by atoms with Crippen LogP contribution in [0.4, 0.5) is 0 Å². The van der Waals surface area contributed by atoms with Crippen LogP contribution in [-0.2, 0) is 14.3 Å². The molecule has 24 heavy (non-hydrogen) atoms. The summed E-state index contributed by atoms with van der Waals surface area (Å²) < 4.78 is 10.2. The van der Waals surface area contributed by atoms with Gasteiger partial charge >= 0.3 is 11.9 Å². The molecule has 1 rings (SSSR count).